The summed E-state index contributed by atoms with van der Waals surface area (Å²) in [6, 6.07) is 0. The normalized spacial score (nSPS) is 17.0. The van der Waals surface area contributed by atoms with Crippen LogP contribution in [0.3, 0.4) is 0 Å². The molecule has 0 heterocycles. The van der Waals surface area contributed by atoms with Crippen LogP contribution in [0.5, 0.6) is 0 Å². The second kappa shape index (κ2) is 3.46. The highest BCUT2D eigenvalue weighted by Crippen LogP contribution is 2.21. The van der Waals surface area contributed by atoms with Gasteiger partial charge in [0.1, 0.15) is 5.60 Å². The minimum atomic E-state index is -3.48. The monoisotopic (exact) mass is 190 g/mol. The summed E-state index contributed by atoms with van der Waals surface area (Å²) in [4.78, 5) is 0. The fourth-order valence-corrected chi connectivity index (χ4v) is 1.47. The van der Waals surface area contributed by atoms with Crippen molar-refractivity contribution >= 4 is 10.1 Å². The predicted molar refractivity (Wildman–Crippen MR) is 48.0 cm³/mol. The van der Waals surface area contributed by atoms with Crippen molar-refractivity contribution in [2.75, 3.05) is 6.26 Å². The van der Waals surface area contributed by atoms with Crippen molar-refractivity contribution in [2.45, 2.75) is 26.4 Å². The molecule has 0 aliphatic rings. The van der Waals surface area contributed by atoms with Gasteiger partial charge in [0.15, 0.2) is 0 Å². The standard InChI is InChI=1S/C8H14O3S/c1-6-8(4,7(2)3)11-12(5,9)10/h1,7H,2-5H3. The predicted octanol–water partition coefficient (Wildman–Crippen LogP) is 1.01. The van der Waals surface area contributed by atoms with E-state index in [1.54, 1.807) is 6.92 Å². The number of hydrogen-bond acceptors (Lipinski definition) is 3. The van der Waals surface area contributed by atoms with Crippen molar-refractivity contribution in [2.24, 2.45) is 5.92 Å². The fourth-order valence-electron chi connectivity index (χ4n) is 0.601. The molecule has 1 unspecified atom stereocenters. The Morgan fingerprint density at radius 3 is 2.00 bits per heavy atom. The van der Waals surface area contributed by atoms with Gasteiger partial charge in [0.2, 0.25) is 0 Å². The Balaban J connectivity index is 4.73. The van der Waals surface area contributed by atoms with Crippen molar-refractivity contribution in [3.63, 3.8) is 0 Å². The summed E-state index contributed by atoms with van der Waals surface area (Å²) in [6.07, 6.45) is 6.17. The van der Waals surface area contributed by atoms with Crippen LogP contribution in [0.2, 0.25) is 0 Å². The number of rotatable bonds is 3. The molecule has 0 bridgehead atoms. The van der Waals surface area contributed by atoms with Crippen molar-refractivity contribution in [3.8, 4) is 12.3 Å². The molecule has 0 N–H and O–H groups in total. The Hall–Kier alpha value is -0.530. The highest BCUT2D eigenvalue weighted by molar-refractivity contribution is 7.86. The van der Waals surface area contributed by atoms with E-state index in [-0.39, 0.29) is 5.92 Å². The van der Waals surface area contributed by atoms with Crippen molar-refractivity contribution in [1.82, 2.24) is 0 Å². The smallest absolute Gasteiger partial charge is 0.251 e. The first-order valence-electron chi connectivity index (χ1n) is 3.59. The van der Waals surface area contributed by atoms with E-state index in [4.69, 9.17) is 10.6 Å². The first-order chi connectivity index (χ1) is 5.21. The Morgan fingerprint density at radius 1 is 1.50 bits per heavy atom. The summed E-state index contributed by atoms with van der Waals surface area (Å²) >= 11 is 0. The van der Waals surface area contributed by atoms with Gasteiger partial charge in [0.25, 0.3) is 10.1 Å². The highest BCUT2D eigenvalue weighted by Gasteiger charge is 2.30. The van der Waals surface area contributed by atoms with Crippen LogP contribution in [0, 0.1) is 18.3 Å². The van der Waals surface area contributed by atoms with Crippen molar-refractivity contribution < 1.29 is 12.6 Å². The molecule has 70 valence electrons. The molecule has 0 radical (unpaired) electrons. The van der Waals surface area contributed by atoms with Gasteiger partial charge in [-0.3, -0.25) is 4.18 Å². The molecule has 3 nitrogen and oxygen atoms in total. The summed E-state index contributed by atoms with van der Waals surface area (Å²) in [6.45, 7) is 5.20. The van der Waals surface area contributed by atoms with E-state index in [0.717, 1.165) is 6.26 Å². The van der Waals surface area contributed by atoms with Gasteiger partial charge in [-0.1, -0.05) is 19.8 Å². The van der Waals surface area contributed by atoms with Crippen LogP contribution < -0.4 is 0 Å². The summed E-state index contributed by atoms with van der Waals surface area (Å²) in [5.41, 5.74) is -1.03. The Bertz CT molecular complexity index is 284. The van der Waals surface area contributed by atoms with E-state index in [9.17, 15) is 8.42 Å². The highest BCUT2D eigenvalue weighted by atomic mass is 32.2. The summed E-state index contributed by atoms with van der Waals surface area (Å²) in [5.74, 6) is 2.29. The van der Waals surface area contributed by atoms with Gasteiger partial charge >= 0.3 is 0 Å². The minimum Gasteiger partial charge on any atom is -0.251 e. The van der Waals surface area contributed by atoms with E-state index in [2.05, 4.69) is 5.92 Å². The third kappa shape index (κ3) is 3.24. The minimum absolute atomic E-state index is 0.0442. The number of terminal acetylenes is 1. The summed E-state index contributed by atoms with van der Waals surface area (Å²) in [7, 11) is -3.48. The average Bonchev–Trinajstić information content (AvgIpc) is 1.83. The lowest BCUT2D eigenvalue weighted by Crippen LogP contribution is -2.35. The zero-order chi connectivity index (χ0) is 9.99. The maximum Gasteiger partial charge on any atom is 0.265 e. The molecular formula is C8H14O3S. The van der Waals surface area contributed by atoms with Gasteiger partial charge in [0.05, 0.1) is 6.26 Å². The summed E-state index contributed by atoms with van der Waals surface area (Å²) < 4.78 is 26.4. The summed E-state index contributed by atoms with van der Waals surface area (Å²) in [5, 5.41) is 0. The van der Waals surface area contributed by atoms with Crippen LogP contribution in [-0.4, -0.2) is 20.3 Å². The average molecular weight is 190 g/mol. The third-order valence-corrected chi connectivity index (χ3v) is 2.36. The number of hydrogen-bond donors (Lipinski definition) is 0. The van der Waals surface area contributed by atoms with E-state index >= 15 is 0 Å². The first kappa shape index (κ1) is 11.5. The molecule has 0 aromatic rings. The van der Waals surface area contributed by atoms with Crippen LogP contribution in [0.1, 0.15) is 20.8 Å². The second-order valence-corrected chi connectivity index (χ2v) is 4.77. The Morgan fingerprint density at radius 2 is 1.92 bits per heavy atom. The van der Waals surface area contributed by atoms with E-state index in [0.29, 0.717) is 0 Å². The molecule has 0 rings (SSSR count). The molecule has 0 spiro atoms. The molecule has 1 atom stereocenters. The molecule has 12 heavy (non-hydrogen) atoms. The van der Waals surface area contributed by atoms with Crippen LogP contribution in [0.4, 0.5) is 0 Å². The van der Waals surface area contributed by atoms with Crippen molar-refractivity contribution in [1.29, 1.82) is 0 Å². The SMILES string of the molecule is C#CC(C)(OS(C)(=O)=O)C(C)C. The van der Waals surface area contributed by atoms with E-state index in [1.165, 1.54) is 0 Å². The van der Waals surface area contributed by atoms with Gasteiger partial charge in [0, 0.05) is 0 Å². The molecule has 0 saturated heterocycles. The van der Waals surface area contributed by atoms with Crippen LogP contribution in [-0.2, 0) is 14.3 Å². The van der Waals surface area contributed by atoms with Gasteiger partial charge in [-0.2, -0.15) is 8.42 Å². The van der Waals surface area contributed by atoms with Crippen molar-refractivity contribution in [3.05, 3.63) is 0 Å². The first-order valence-corrected chi connectivity index (χ1v) is 5.41. The van der Waals surface area contributed by atoms with Crippen LogP contribution in [0.25, 0.3) is 0 Å². The lowest BCUT2D eigenvalue weighted by molar-refractivity contribution is 0.109. The van der Waals surface area contributed by atoms with E-state index < -0.39 is 15.7 Å². The third-order valence-electron chi connectivity index (χ3n) is 1.71. The molecule has 0 aromatic carbocycles. The topological polar surface area (TPSA) is 43.4 Å². The molecule has 0 aliphatic heterocycles. The van der Waals surface area contributed by atoms with Gasteiger partial charge < -0.3 is 0 Å². The van der Waals surface area contributed by atoms with Crippen LogP contribution >= 0.6 is 0 Å². The maximum absolute atomic E-state index is 10.8. The molecule has 0 fully saturated rings. The van der Waals surface area contributed by atoms with Gasteiger partial charge in [-0.25, -0.2) is 0 Å². The van der Waals surface area contributed by atoms with Crippen LogP contribution in [0.15, 0.2) is 0 Å². The molecule has 0 aliphatic carbocycles. The largest absolute Gasteiger partial charge is 0.265 e. The molecule has 0 saturated carbocycles. The zero-order valence-corrected chi connectivity index (χ0v) is 8.60. The molecular weight excluding hydrogens is 176 g/mol. The molecule has 0 amide bonds. The maximum atomic E-state index is 10.8. The lowest BCUT2D eigenvalue weighted by atomic mass is 9.94. The van der Waals surface area contributed by atoms with Gasteiger partial charge in [-0.15, -0.1) is 6.42 Å². The lowest BCUT2D eigenvalue weighted by Gasteiger charge is -2.26. The molecule has 0 aromatic heterocycles. The second-order valence-electron chi connectivity index (χ2n) is 3.19. The Labute approximate surface area is 74.2 Å². The quantitative estimate of drug-likeness (QED) is 0.493. The van der Waals surface area contributed by atoms with E-state index in [1.807, 2.05) is 13.8 Å². The fraction of sp³-hybridized carbons (Fsp3) is 0.750. The molecule has 4 heteroatoms. The van der Waals surface area contributed by atoms with Gasteiger partial charge in [-0.05, 0) is 12.8 Å². The zero-order valence-electron chi connectivity index (χ0n) is 7.79. The Kier molecular flexibility index (Phi) is 3.31.